The molecule has 0 radical (unpaired) electrons. The second kappa shape index (κ2) is 33.6. The van der Waals surface area contributed by atoms with Crippen molar-refractivity contribution in [3.8, 4) is 16.9 Å². The maximum absolute atomic E-state index is 15.7. The van der Waals surface area contributed by atoms with Gasteiger partial charge in [-0.15, -0.1) is 0 Å². The predicted octanol–water partition coefficient (Wildman–Crippen LogP) is 7.56. The number of aliphatic hydroxyl groups is 4. The van der Waals surface area contributed by atoms with E-state index in [9.17, 15) is 63.9 Å². The molecule has 115 heavy (non-hydrogen) atoms. The van der Waals surface area contributed by atoms with E-state index < -0.39 is 120 Å². The number of aromatic nitrogens is 4. The fourth-order valence-electron chi connectivity index (χ4n) is 19.3. The fraction of sp³-hybridized carbons (Fsp3) is 0.470. The lowest BCUT2D eigenvalue weighted by Crippen LogP contribution is -2.64. The zero-order chi connectivity index (χ0) is 81.3. The number of ether oxygens (including phenoxy) is 4. The van der Waals surface area contributed by atoms with Crippen LogP contribution < -0.4 is 42.0 Å². The number of primary amides is 1. The molecule has 32 heteroatoms. The fourth-order valence-corrected chi connectivity index (χ4v) is 20.1. The average Bonchev–Trinajstić information content (AvgIpc) is 1.03. The van der Waals surface area contributed by atoms with Gasteiger partial charge in [0.05, 0.1) is 35.2 Å². The summed E-state index contributed by atoms with van der Waals surface area (Å²) in [5.74, 6) is -5.87. The number of nitrogens with zero attached hydrogens (tertiary/aromatic N) is 7. The molecule has 5 unspecified atom stereocenters. The number of nitrogens with two attached hydrogens (primary N) is 1. The summed E-state index contributed by atoms with van der Waals surface area (Å²) in [6, 6.07) is 25.7. The molecule has 5 fully saturated rings. The van der Waals surface area contributed by atoms with E-state index in [-0.39, 0.29) is 111 Å². The van der Waals surface area contributed by atoms with Gasteiger partial charge in [-0.1, -0.05) is 87.1 Å². The van der Waals surface area contributed by atoms with Crippen molar-refractivity contribution in [2.45, 2.75) is 185 Å². The summed E-state index contributed by atoms with van der Waals surface area (Å²) >= 11 is 1.30. The molecular formula is C83H97N13O18S. The summed E-state index contributed by atoms with van der Waals surface area (Å²) in [5, 5.41) is 72.4. The van der Waals surface area contributed by atoms with E-state index in [0.717, 1.165) is 41.7 Å². The molecule has 7 aromatic rings. The molecule has 2 spiro atoms. The number of para-hydroxylation sites is 1. The summed E-state index contributed by atoms with van der Waals surface area (Å²) in [4.78, 5) is 139. The molecule has 3 aromatic heterocycles. The number of pyridine rings is 1. The number of amides is 9. The Bertz CT molecular complexity index is 4830. The zero-order valence-electron chi connectivity index (χ0n) is 64.5. The van der Waals surface area contributed by atoms with Crippen LogP contribution in [0, 0.1) is 29.1 Å². The van der Waals surface area contributed by atoms with Gasteiger partial charge in [0.15, 0.2) is 10.8 Å². The predicted molar refractivity (Wildman–Crippen MR) is 421 cm³/mol. The number of carbonyl (C=O) groups excluding carboxylic acids is 8. The Hall–Kier alpha value is -10.7. The van der Waals surface area contributed by atoms with E-state index >= 15 is 4.79 Å². The number of carboxylic acid groups (broad SMARTS) is 1. The first kappa shape index (κ1) is 80.9. The minimum absolute atomic E-state index is 0.0155. The Morgan fingerprint density at radius 3 is 2.27 bits per heavy atom. The van der Waals surface area contributed by atoms with E-state index in [4.69, 9.17) is 34.8 Å². The van der Waals surface area contributed by atoms with Crippen molar-refractivity contribution in [2.24, 2.45) is 27.9 Å². The van der Waals surface area contributed by atoms with Crippen LogP contribution in [-0.4, -0.2) is 196 Å². The lowest BCUT2D eigenvalue weighted by molar-refractivity contribution is -0.277. The van der Waals surface area contributed by atoms with Gasteiger partial charge in [-0.3, -0.25) is 43.7 Å². The van der Waals surface area contributed by atoms with Crippen LogP contribution in [0.25, 0.3) is 21.3 Å². The highest BCUT2D eigenvalue weighted by Crippen LogP contribution is 2.72. The van der Waals surface area contributed by atoms with Gasteiger partial charge in [0, 0.05) is 98.4 Å². The number of aromatic carboxylic acids is 1. The Balaban J connectivity index is 0.807. The Morgan fingerprint density at radius 2 is 1.55 bits per heavy atom. The molecule has 12 bridgehead atoms. The number of carbonyl (C=O) groups is 9. The number of rotatable bonds is 19. The van der Waals surface area contributed by atoms with E-state index in [1.165, 1.54) is 28.4 Å². The number of hydrogen-bond donors (Lipinski definition) is 11. The Labute approximate surface area is 667 Å². The van der Waals surface area contributed by atoms with Gasteiger partial charge < -0.3 is 81.3 Å². The number of fused-ring (bicyclic) bond motifs is 2. The van der Waals surface area contributed by atoms with Crippen molar-refractivity contribution in [1.82, 2.24) is 45.5 Å². The highest BCUT2D eigenvalue weighted by atomic mass is 32.1. The summed E-state index contributed by atoms with van der Waals surface area (Å²) in [6.07, 6.45) is 2.03. The van der Waals surface area contributed by atoms with E-state index in [2.05, 4.69) is 45.4 Å². The van der Waals surface area contributed by atoms with Crippen molar-refractivity contribution in [2.75, 3.05) is 54.9 Å². The summed E-state index contributed by atoms with van der Waals surface area (Å²) in [7, 11) is 0. The molecule has 11 aliphatic rings. The number of unbranched alkanes of at least 4 members (excludes halogenated alkanes) is 2. The number of hydrogen-bond acceptors (Lipinski definition) is 22. The number of nitrogens with one attached hydrogen (secondary N) is 5. The molecular weight excluding hydrogens is 1500 g/mol. The molecule has 4 aromatic carbocycles. The largest absolute Gasteiger partial charge is 0.476 e. The van der Waals surface area contributed by atoms with Gasteiger partial charge >= 0.3 is 18.1 Å². The maximum Gasteiger partial charge on any atom is 0.410 e. The number of imide groups is 1. The van der Waals surface area contributed by atoms with Crippen LogP contribution in [0.2, 0.25) is 0 Å². The lowest BCUT2D eigenvalue weighted by Gasteiger charge is -2.69. The van der Waals surface area contributed by atoms with Crippen LogP contribution in [0.15, 0.2) is 121 Å². The Morgan fingerprint density at radius 1 is 0.800 bits per heavy atom. The van der Waals surface area contributed by atoms with Gasteiger partial charge in [-0.05, 0) is 170 Å². The second-order valence-corrected chi connectivity index (χ2v) is 33.7. The van der Waals surface area contributed by atoms with E-state index in [1.807, 2.05) is 46.8 Å². The molecule has 4 saturated carbocycles. The molecule has 1 saturated heterocycles. The van der Waals surface area contributed by atoms with Crippen LogP contribution in [0.1, 0.15) is 153 Å². The van der Waals surface area contributed by atoms with Gasteiger partial charge in [0.1, 0.15) is 54.7 Å². The molecule has 13 atom stereocenters. The number of thiazole rings is 1. The summed E-state index contributed by atoms with van der Waals surface area (Å²) < 4.78 is 27.6. The average molecular weight is 1600 g/mol. The van der Waals surface area contributed by atoms with Crippen LogP contribution in [0.4, 0.5) is 26.2 Å². The third-order valence-electron chi connectivity index (χ3n) is 23.6. The first-order valence-corrected chi connectivity index (χ1v) is 39.9. The Kier molecular flexibility index (Phi) is 23.6. The van der Waals surface area contributed by atoms with E-state index in [1.54, 1.807) is 85.9 Å². The zero-order valence-corrected chi connectivity index (χ0v) is 65.3. The van der Waals surface area contributed by atoms with Crippen LogP contribution in [0.3, 0.4) is 0 Å². The minimum Gasteiger partial charge on any atom is -0.476 e. The first-order chi connectivity index (χ1) is 55.0. The van der Waals surface area contributed by atoms with Gasteiger partial charge in [-0.2, -0.15) is 5.10 Å². The van der Waals surface area contributed by atoms with Gasteiger partial charge in [0.2, 0.25) is 24.0 Å². The third-order valence-corrected chi connectivity index (χ3v) is 24.6. The SMILES string of the molecule is Cc1c2cnn1CC13CC4(C)CC(C1)(C[C@](C)(C4)C3)OCCN(Cc1ccc(O[C@H]3O[C@H](CO)[C@@H](O)[C@H](O)[C@H]3O)cc1)C(=O)OCc1ccc(cc1)NC(=O)[C@H](CCCNC(N)=O)NC(=O)[C@@H](NC(=O)CCCCCN1C(=O)C=CC1=O)C(C)C1CN(Cc3c(C(=O)Nc4nc5ccccc5s4)cccc31)c1ccc-2c(C(=O)O)n1. The molecule has 12 N–H and O–H groups in total. The third kappa shape index (κ3) is 17.9. The highest BCUT2D eigenvalue weighted by Gasteiger charge is 2.66. The topological polar surface area (TPSA) is 431 Å². The number of urea groups is 1. The van der Waals surface area contributed by atoms with Crippen LogP contribution in [0.5, 0.6) is 5.75 Å². The maximum atomic E-state index is 15.7. The monoisotopic (exact) mass is 1600 g/mol. The first-order valence-electron chi connectivity index (χ1n) is 39.0. The number of carboxylic acids is 1. The molecule has 18 rings (SSSR count). The number of benzene rings is 4. The van der Waals surface area contributed by atoms with Crippen molar-refractivity contribution < 1.29 is 87.6 Å². The molecule has 4 aliphatic carbocycles. The normalized spacial score (nSPS) is 27.6. The minimum atomic E-state index is -1.66. The second-order valence-electron chi connectivity index (χ2n) is 32.7. The lowest BCUT2D eigenvalue weighted by atomic mass is 9.39. The van der Waals surface area contributed by atoms with E-state index in [0.29, 0.717) is 87.6 Å². The van der Waals surface area contributed by atoms with Crippen molar-refractivity contribution in [1.29, 1.82) is 0 Å². The summed E-state index contributed by atoms with van der Waals surface area (Å²) in [5.41, 5.74) is 9.20. The molecule has 10 heterocycles. The van der Waals surface area contributed by atoms with Gasteiger partial charge in [-0.25, -0.2) is 24.4 Å². The van der Waals surface area contributed by atoms with Crippen molar-refractivity contribution in [3.63, 3.8) is 0 Å². The molecule has 608 valence electrons. The van der Waals surface area contributed by atoms with Crippen LogP contribution in [-0.2, 0) is 64.4 Å². The summed E-state index contributed by atoms with van der Waals surface area (Å²) in [6.45, 7) is 8.52. The van der Waals surface area contributed by atoms with Gasteiger partial charge in [0.25, 0.3) is 17.7 Å². The van der Waals surface area contributed by atoms with Crippen LogP contribution >= 0.6 is 11.3 Å². The van der Waals surface area contributed by atoms with Crippen molar-refractivity contribution >= 4 is 91.7 Å². The standard InChI is InChI=1S/C83H97N13O18S/c1-47-57-36-94(37-58-53(57)12-10-13-55(58)72(104)92-78-89-59-14-7-8-16-62(59)115-78)63-27-26-54(68(90-63)75(107)108)56-34-86-96(48(56)2)46-82-41-80(3)40-81(4,42-82)44-83(43-80,45-82)112-33-32-93(35-49-20-24-52(25-21-49)113-76-71(103)70(102)69(101)61(38-97)114-76)79(110)111-39-50-18-22-51(23-19-50)87-73(105)60(15-11-30-85-77(84)109)88-74(106)67(47)91-64(98)17-6-5-9-31-95-65(99)28-29-66(95)100/h7-8,10,12-14,16,18-29,34,47,57,60-61,67,69-71,76,97,101-103H,5-6,9,11,15,17,30-33,35-46H2,1-4H3,(H,87,105)(H,88,106)(H,91,98)(H,107,108)(H3,84,85,109)(H,89,92,104)/t47?,57?,60-,61+,67-,69+,70-,71+,76-,80+,81?,82?,83?/m0/s1. The molecule has 31 nitrogen and oxygen atoms in total. The highest BCUT2D eigenvalue weighted by molar-refractivity contribution is 7.22. The quantitative estimate of drug-likeness (QED) is 0.0275. The molecule has 7 aliphatic heterocycles. The molecule has 9 amide bonds. The smallest absolute Gasteiger partial charge is 0.410 e. The number of aliphatic hydroxyl groups excluding tert-OH is 4. The van der Waals surface area contributed by atoms with Crippen molar-refractivity contribution in [3.05, 3.63) is 161 Å². The number of anilines is 3.